The summed E-state index contributed by atoms with van der Waals surface area (Å²) in [6.07, 6.45) is -3.72. The van der Waals surface area contributed by atoms with Gasteiger partial charge in [0.2, 0.25) is 0 Å². The van der Waals surface area contributed by atoms with E-state index in [1.165, 1.54) is 19.2 Å². The van der Waals surface area contributed by atoms with Crippen LogP contribution in [-0.4, -0.2) is 26.2 Å². The van der Waals surface area contributed by atoms with Crippen LogP contribution in [0.5, 0.6) is 0 Å². The molecule has 1 saturated heterocycles. The second kappa shape index (κ2) is 5.83. The van der Waals surface area contributed by atoms with Gasteiger partial charge in [0.15, 0.2) is 0 Å². The van der Waals surface area contributed by atoms with E-state index in [0.717, 1.165) is 17.7 Å². The molecule has 2 atom stereocenters. The Hall–Kier alpha value is -1.56. The zero-order chi connectivity index (χ0) is 14.8. The van der Waals surface area contributed by atoms with Crippen LogP contribution in [0.3, 0.4) is 0 Å². The fourth-order valence-electron chi connectivity index (χ4n) is 2.56. The molecule has 6 heteroatoms. The summed E-state index contributed by atoms with van der Waals surface area (Å²) in [5.74, 6) is -0.770. The molecule has 0 radical (unpaired) electrons. The molecular formula is C14H16F3NO2. The number of halogens is 3. The molecule has 1 aromatic carbocycles. The van der Waals surface area contributed by atoms with Crippen molar-refractivity contribution < 1.29 is 22.7 Å². The Balaban J connectivity index is 2.22. The minimum absolute atomic E-state index is 0.154. The van der Waals surface area contributed by atoms with E-state index in [0.29, 0.717) is 19.5 Å². The SMILES string of the molecule is COC(=O)C1CCNCC1c1ccc(C(F)(F)F)cc1. The number of esters is 1. The molecule has 0 amide bonds. The molecule has 0 bridgehead atoms. The molecule has 1 fully saturated rings. The van der Waals surface area contributed by atoms with Gasteiger partial charge in [-0.3, -0.25) is 4.79 Å². The lowest BCUT2D eigenvalue weighted by atomic mass is 9.81. The van der Waals surface area contributed by atoms with Gasteiger partial charge in [0, 0.05) is 12.5 Å². The first-order valence-electron chi connectivity index (χ1n) is 6.39. The van der Waals surface area contributed by atoms with Gasteiger partial charge in [-0.1, -0.05) is 12.1 Å². The smallest absolute Gasteiger partial charge is 0.416 e. The Morgan fingerprint density at radius 3 is 2.50 bits per heavy atom. The first-order valence-corrected chi connectivity index (χ1v) is 6.39. The number of rotatable bonds is 2. The standard InChI is InChI=1S/C14H16F3NO2/c1-20-13(19)11-6-7-18-8-12(11)9-2-4-10(5-3-9)14(15,16)17/h2-5,11-12,18H,6-8H2,1H3. The molecule has 1 heterocycles. The summed E-state index contributed by atoms with van der Waals surface area (Å²) in [6.45, 7) is 1.27. The third kappa shape index (κ3) is 3.12. The summed E-state index contributed by atoms with van der Waals surface area (Å²) in [7, 11) is 1.33. The van der Waals surface area contributed by atoms with Gasteiger partial charge in [-0.25, -0.2) is 0 Å². The van der Waals surface area contributed by atoms with E-state index >= 15 is 0 Å². The first kappa shape index (κ1) is 14.8. The number of piperidine rings is 1. The maximum Gasteiger partial charge on any atom is 0.416 e. The summed E-state index contributed by atoms with van der Waals surface area (Å²) in [5.41, 5.74) is 0.0419. The minimum atomic E-state index is -4.34. The van der Waals surface area contributed by atoms with E-state index in [1.54, 1.807) is 0 Å². The molecular weight excluding hydrogens is 271 g/mol. The lowest BCUT2D eigenvalue weighted by Gasteiger charge is -2.30. The van der Waals surface area contributed by atoms with Crippen LogP contribution in [0, 0.1) is 5.92 Å². The van der Waals surface area contributed by atoms with Crippen molar-refractivity contribution in [3.05, 3.63) is 35.4 Å². The van der Waals surface area contributed by atoms with Crippen LogP contribution in [0.2, 0.25) is 0 Å². The Kier molecular flexibility index (Phi) is 4.32. The molecule has 1 aliphatic heterocycles. The molecule has 20 heavy (non-hydrogen) atoms. The Morgan fingerprint density at radius 2 is 1.95 bits per heavy atom. The quantitative estimate of drug-likeness (QED) is 0.850. The highest BCUT2D eigenvalue weighted by atomic mass is 19.4. The number of carbonyl (C=O) groups is 1. The molecule has 2 rings (SSSR count). The van der Waals surface area contributed by atoms with Crippen LogP contribution in [0.15, 0.2) is 24.3 Å². The maximum absolute atomic E-state index is 12.5. The van der Waals surface area contributed by atoms with Crippen molar-refractivity contribution in [1.29, 1.82) is 0 Å². The topological polar surface area (TPSA) is 38.3 Å². The minimum Gasteiger partial charge on any atom is -0.469 e. The number of ether oxygens (including phenoxy) is 1. The van der Waals surface area contributed by atoms with Gasteiger partial charge in [0.1, 0.15) is 0 Å². The molecule has 3 nitrogen and oxygen atoms in total. The number of nitrogens with one attached hydrogen (secondary N) is 1. The fraction of sp³-hybridized carbons (Fsp3) is 0.500. The van der Waals surface area contributed by atoms with Crippen molar-refractivity contribution in [3.8, 4) is 0 Å². The van der Waals surface area contributed by atoms with E-state index < -0.39 is 11.7 Å². The fourth-order valence-corrected chi connectivity index (χ4v) is 2.56. The van der Waals surface area contributed by atoms with E-state index in [1.807, 2.05) is 0 Å². The van der Waals surface area contributed by atoms with Crippen LogP contribution in [0.1, 0.15) is 23.5 Å². The Labute approximate surface area is 115 Å². The summed E-state index contributed by atoms with van der Waals surface area (Å²) in [5, 5.41) is 3.16. The lowest BCUT2D eigenvalue weighted by Crippen LogP contribution is -2.39. The predicted octanol–water partition coefficient (Wildman–Crippen LogP) is 2.57. The number of hydrogen-bond acceptors (Lipinski definition) is 3. The molecule has 0 aliphatic carbocycles. The van der Waals surface area contributed by atoms with Gasteiger partial charge < -0.3 is 10.1 Å². The van der Waals surface area contributed by atoms with Crippen LogP contribution in [-0.2, 0) is 15.7 Å². The zero-order valence-electron chi connectivity index (χ0n) is 11.0. The van der Waals surface area contributed by atoms with E-state index in [4.69, 9.17) is 4.74 Å². The molecule has 1 aromatic rings. The van der Waals surface area contributed by atoms with Crippen molar-refractivity contribution in [2.45, 2.75) is 18.5 Å². The highest BCUT2D eigenvalue weighted by Crippen LogP contribution is 2.33. The van der Waals surface area contributed by atoms with Gasteiger partial charge in [0.05, 0.1) is 18.6 Å². The second-order valence-electron chi connectivity index (χ2n) is 4.85. The molecule has 2 unspecified atom stereocenters. The van der Waals surface area contributed by atoms with E-state index in [9.17, 15) is 18.0 Å². The van der Waals surface area contributed by atoms with Crippen molar-refractivity contribution >= 4 is 5.97 Å². The highest BCUT2D eigenvalue weighted by molar-refractivity contribution is 5.73. The summed E-state index contributed by atoms with van der Waals surface area (Å²) < 4.78 is 42.4. The third-order valence-corrected chi connectivity index (χ3v) is 3.65. The van der Waals surface area contributed by atoms with Crippen LogP contribution in [0.4, 0.5) is 13.2 Å². The second-order valence-corrected chi connectivity index (χ2v) is 4.85. The van der Waals surface area contributed by atoms with E-state index in [-0.39, 0.29) is 17.8 Å². The van der Waals surface area contributed by atoms with Gasteiger partial charge in [0.25, 0.3) is 0 Å². The molecule has 0 aromatic heterocycles. The normalized spacial score (nSPS) is 23.4. The number of hydrogen-bond donors (Lipinski definition) is 1. The molecule has 110 valence electrons. The number of methoxy groups -OCH3 is 1. The van der Waals surface area contributed by atoms with Crippen molar-refractivity contribution in [3.63, 3.8) is 0 Å². The maximum atomic E-state index is 12.5. The van der Waals surface area contributed by atoms with Gasteiger partial charge in [-0.05, 0) is 30.7 Å². The van der Waals surface area contributed by atoms with Crippen LogP contribution < -0.4 is 5.32 Å². The van der Waals surface area contributed by atoms with Crippen LogP contribution in [0.25, 0.3) is 0 Å². The Bertz CT molecular complexity index is 470. The summed E-state index contributed by atoms with van der Waals surface area (Å²) in [4.78, 5) is 11.7. The molecule has 0 saturated carbocycles. The number of alkyl halides is 3. The van der Waals surface area contributed by atoms with Crippen LogP contribution >= 0.6 is 0 Å². The van der Waals surface area contributed by atoms with Gasteiger partial charge in [-0.2, -0.15) is 13.2 Å². The summed E-state index contributed by atoms with van der Waals surface area (Å²) >= 11 is 0. The average Bonchev–Trinajstić information content (AvgIpc) is 2.45. The van der Waals surface area contributed by atoms with Crippen molar-refractivity contribution in [2.24, 2.45) is 5.92 Å². The van der Waals surface area contributed by atoms with E-state index in [2.05, 4.69) is 5.32 Å². The number of carbonyl (C=O) groups excluding carboxylic acids is 1. The largest absolute Gasteiger partial charge is 0.469 e. The van der Waals surface area contributed by atoms with Crippen molar-refractivity contribution in [2.75, 3.05) is 20.2 Å². The molecule has 0 spiro atoms. The monoisotopic (exact) mass is 287 g/mol. The van der Waals surface area contributed by atoms with Gasteiger partial charge in [-0.15, -0.1) is 0 Å². The zero-order valence-corrected chi connectivity index (χ0v) is 11.0. The number of benzene rings is 1. The van der Waals surface area contributed by atoms with Gasteiger partial charge >= 0.3 is 12.1 Å². The average molecular weight is 287 g/mol. The lowest BCUT2D eigenvalue weighted by molar-refractivity contribution is -0.147. The summed E-state index contributed by atoms with van der Waals surface area (Å²) in [6, 6.07) is 4.99. The third-order valence-electron chi connectivity index (χ3n) is 3.65. The predicted molar refractivity (Wildman–Crippen MR) is 67.2 cm³/mol. The molecule has 1 aliphatic rings. The molecule has 1 N–H and O–H groups in total. The Morgan fingerprint density at radius 1 is 1.30 bits per heavy atom. The highest BCUT2D eigenvalue weighted by Gasteiger charge is 2.34. The first-order chi connectivity index (χ1) is 9.43. The van der Waals surface area contributed by atoms with Crippen molar-refractivity contribution in [1.82, 2.24) is 5.32 Å².